The summed E-state index contributed by atoms with van der Waals surface area (Å²) in [5, 5.41) is 0. The Labute approximate surface area is 113 Å². The van der Waals surface area contributed by atoms with Gasteiger partial charge in [0.25, 0.3) is 5.91 Å². The van der Waals surface area contributed by atoms with E-state index < -0.39 is 0 Å². The van der Waals surface area contributed by atoms with Crippen LogP contribution in [0.25, 0.3) is 0 Å². The third-order valence-electron chi connectivity index (χ3n) is 2.19. The number of hydroxylamine groups is 1. The minimum atomic E-state index is -0.335. The predicted molar refractivity (Wildman–Crippen MR) is 72.0 cm³/mol. The molecule has 1 aromatic rings. The number of ether oxygens (including phenoxy) is 2. The zero-order chi connectivity index (χ0) is 14.1. The summed E-state index contributed by atoms with van der Waals surface area (Å²) < 4.78 is 10.3. The molecule has 0 aromatic heterocycles. The highest BCUT2D eigenvalue weighted by atomic mass is 16.7. The van der Waals surface area contributed by atoms with Crippen molar-refractivity contribution in [2.45, 2.75) is 13.8 Å². The number of rotatable bonds is 7. The van der Waals surface area contributed by atoms with E-state index in [1.165, 1.54) is 0 Å². The van der Waals surface area contributed by atoms with Crippen molar-refractivity contribution in [1.82, 2.24) is 5.48 Å². The van der Waals surface area contributed by atoms with Crippen LogP contribution in [0.4, 0.5) is 0 Å². The van der Waals surface area contributed by atoms with Gasteiger partial charge in [0, 0.05) is 0 Å². The monoisotopic (exact) mass is 265 g/mol. The normalized spacial score (nSPS) is 9.63. The predicted octanol–water partition coefficient (Wildman–Crippen LogP) is 2.09. The maximum absolute atomic E-state index is 11.4. The van der Waals surface area contributed by atoms with E-state index in [9.17, 15) is 4.79 Å². The number of nitrogens with one attached hydrogen (secondary N) is 1. The van der Waals surface area contributed by atoms with Crippen LogP contribution in [-0.2, 0) is 9.63 Å². The van der Waals surface area contributed by atoms with Gasteiger partial charge in [-0.25, -0.2) is 5.48 Å². The van der Waals surface area contributed by atoms with Crippen molar-refractivity contribution >= 4 is 5.91 Å². The molecule has 0 aliphatic carbocycles. The molecule has 0 aliphatic rings. The van der Waals surface area contributed by atoms with Crippen LogP contribution in [0.5, 0.6) is 11.5 Å². The Hall–Kier alpha value is -2.01. The number of amides is 1. The fourth-order valence-corrected chi connectivity index (χ4v) is 1.18. The third kappa shape index (κ3) is 6.47. The number of hydrogen-bond donors (Lipinski definition) is 1. The molecule has 1 rings (SSSR count). The largest absolute Gasteiger partial charge is 0.497 e. The molecular weight excluding hydrogens is 246 g/mol. The van der Waals surface area contributed by atoms with E-state index in [4.69, 9.17) is 14.3 Å². The maximum Gasteiger partial charge on any atom is 0.281 e. The molecule has 0 atom stereocenters. The Morgan fingerprint density at radius 3 is 2.42 bits per heavy atom. The average Bonchev–Trinajstić information content (AvgIpc) is 2.41. The van der Waals surface area contributed by atoms with Crippen molar-refractivity contribution < 1.29 is 19.1 Å². The van der Waals surface area contributed by atoms with Crippen molar-refractivity contribution in [3.63, 3.8) is 0 Å². The Morgan fingerprint density at radius 1 is 1.21 bits per heavy atom. The first-order valence-corrected chi connectivity index (χ1v) is 5.92. The number of methoxy groups -OCH3 is 1. The molecule has 104 valence electrons. The molecule has 1 aromatic carbocycles. The SMILES string of the molecule is COc1ccc(OCC(=O)NOCC=C(C)C)cc1. The second-order valence-corrected chi connectivity index (χ2v) is 4.08. The third-order valence-corrected chi connectivity index (χ3v) is 2.19. The van der Waals surface area contributed by atoms with E-state index >= 15 is 0 Å². The molecule has 0 heterocycles. The lowest BCUT2D eigenvalue weighted by atomic mass is 10.3. The zero-order valence-corrected chi connectivity index (χ0v) is 11.4. The highest BCUT2D eigenvalue weighted by Gasteiger charge is 2.02. The zero-order valence-electron chi connectivity index (χ0n) is 11.4. The standard InChI is InChI=1S/C14H19NO4/c1-11(2)8-9-19-15-14(16)10-18-13-6-4-12(17-3)5-7-13/h4-8H,9-10H2,1-3H3,(H,15,16). The van der Waals surface area contributed by atoms with E-state index in [-0.39, 0.29) is 12.5 Å². The molecule has 19 heavy (non-hydrogen) atoms. The second-order valence-electron chi connectivity index (χ2n) is 4.08. The Kier molecular flexibility index (Phi) is 6.46. The van der Waals surface area contributed by atoms with Crippen molar-refractivity contribution in [2.24, 2.45) is 0 Å². The second kappa shape index (κ2) is 8.16. The van der Waals surface area contributed by atoms with Gasteiger partial charge in [-0.15, -0.1) is 0 Å². The van der Waals surface area contributed by atoms with Gasteiger partial charge in [0.05, 0.1) is 13.7 Å². The lowest BCUT2D eigenvalue weighted by Gasteiger charge is -2.07. The Balaban J connectivity index is 2.23. The van der Waals surface area contributed by atoms with Crippen molar-refractivity contribution in [2.75, 3.05) is 20.3 Å². The molecule has 0 fully saturated rings. The molecule has 5 nitrogen and oxygen atoms in total. The van der Waals surface area contributed by atoms with E-state index in [0.717, 1.165) is 11.3 Å². The highest BCUT2D eigenvalue weighted by Crippen LogP contribution is 2.16. The van der Waals surface area contributed by atoms with Gasteiger partial charge in [0.1, 0.15) is 11.5 Å². The Bertz CT molecular complexity index is 422. The summed E-state index contributed by atoms with van der Waals surface area (Å²) >= 11 is 0. The molecule has 0 unspecified atom stereocenters. The molecule has 0 saturated carbocycles. The van der Waals surface area contributed by atoms with E-state index in [1.54, 1.807) is 31.4 Å². The fourth-order valence-electron chi connectivity index (χ4n) is 1.18. The summed E-state index contributed by atoms with van der Waals surface area (Å²) in [5.41, 5.74) is 3.43. The van der Waals surface area contributed by atoms with E-state index in [2.05, 4.69) is 5.48 Å². The first-order valence-electron chi connectivity index (χ1n) is 5.92. The van der Waals surface area contributed by atoms with Crippen LogP contribution in [0, 0.1) is 0 Å². The molecule has 5 heteroatoms. The average molecular weight is 265 g/mol. The van der Waals surface area contributed by atoms with Gasteiger partial charge >= 0.3 is 0 Å². The summed E-state index contributed by atoms with van der Waals surface area (Å²) in [5.74, 6) is 1.00. The van der Waals surface area contributed by atoms with Gasteiger partial charge in [-0.3, -0.25) is 9.63 Å². The van der Waals surface area contributed by atoms with Gasteiger partial charge in [0.15, 0.2) is 6.61 Å². The van der Waals surface area contributed by atoms with Crippen LogP contribution in [0.1, 0.15) is 13.8 Å². The lowest BCUT2D eigenvalue weighted by molar-refractivity contribution is -0.134. The van der Waals surface area contributed by atoms with Gasteiger partial charge in [-0.05, 0) is 38.1 Å². The first kappa shape index (κ1) is 15.0. The summed E-state index contributed by atoms with van der Waals surface area (Å²) in [4.78, 5) is 16.3. The van der Waals surface area contributed by atoms with Crippen LogP contribution in [0.3, 0.4) is 0 Å². The Morgan fingerprint density at radius 2 is 1.84 bits per heavy atom. The number of carbonyl (C=O) groups is 1. The van der Waals surface area contributed by atoms with Crippen molar-refractivity contribution in [3.8, 4) is 11.5 Å². The number of hydrogen-bond acceptors (Lipinski definition) is 4. The smallest absolute Gasteiger partial charge is 0.281 e. The van der Waals surface area contributed by atoms with Crippen LogP contribution in [0.15, 0.2) is 35.9 Å². The van der Waals surface area contributed by atoms with Crippen LogP contribution in [-0.4, -0.2) is 26.2 Å². The number of carbonyl (C=O) groups excluding carboxylic acids is 1. The van der Waals surface area contributed by atoms with Crippen molar-refractivity contribution in [3.05, 3.63) is 35.9 Å². The van der Waals surface area contributed by atoms with E-state index in [1.807, 2.05) is 19.9 Å². The molecule has 0 aliphatic heterocycles. The summed E-state index contributed by atoms with van der Waals surface area (Å²) in [6.07, 6.45) is 1.87. The summed E-state index contributed by atoms with van der Waals surface area (Å²) in [7, 11) is 1.59. The quantitative estimate of drug-likeness (QED) is 0.466. The molecule has 1 amide bonds. The maximum atomic E-state index is 11.4. The fraction of sp³-hybridized carbons (Fsp3) is 0.357. The highest BCUT2D eigenvalue weighted by molar-refractivity contribution is 5.76. The van der Waals surface area contributed by atoms with Crippen LogP contribution >= 0.6 is 0 Å². The van der Waals surface area contributed by atoms with Crippen LogP contribution < -0.4 is 15.0 Å². The number of allylic oxidation sites excluding steroid dienone is 1. The van der Waals surface area contributed by atoms with Gasteiger partial charge < -0.3 is 9.47 Å². The molecule has 0 saturated heterocycles. The molecule has 0 bridgehead atoms. The first-order chi connectivity index (χ1) is 9.11. The van der Waals surface area contributed by atoms with Gasteiger partial charge in [-0.2, -0.15) is 0 Å². The molecule has 1 N–H and O–H groups in total. The van der Waals surface area contributed by atoms with Crippen LogP contribution in [0.2, 0.25) is 0 Å². The van der Waals surface area contributed by atoms with E-state index in [0.29, 0.717) is 12.4 Å². The minimum absolute atomic E-state index is 0.0961. The number of benzene rings is 1. The van der Waals surface area contributed by atoms with Gasteiger partial charge in [-0.1, -0.05) is 11.6 Å². The summed E-state index contributed by atoms with van der Waals surface area (Å²) in [6, 6.07) is 6.99. The van der Waals surface area contributed by atoms with Crippen molar-refractivity contribution in [1.29, 1.82) is 0 Å². The molecular formula is C14H19NO4. The molecule has 0 radical (unpaired) electrons. The minimum Gasteiger partial charge on any atom is -0.497 e. The lowest BCUT2D eigenvalue weighted by Crippen LogP contribution is -2.29. The summed E-state index contributed by atoms with van der Waals surface area (Å²) in [6.45, 7) is 4.16. The molecule has 0 spiro atoms. The topological polar surface area (TPSA) is 56.8 Å². The van der Waals surface area contributed by atoms with Gasteiger partial charge in [0.2, 0.25) is 0 Å².